The molecular weight excluding hydrogens is 368 g/mol. The first kappa shape index (κ1) is 23.0. The Morgan fingerprint density at radius 3 is 2.48 bits per heavy atom. The summed E-state index contributed by atoms with van der Waals surface area (Å²) < 4.78 is 36.1. The van der Waals surface area contributed by atoms with Crippen LogP contribution in [-0.2, 0) is 16.4 Å². The molecule has 1 aromatic carbocycles. The molecule has 0 fully saturated rings. The lowest BCUT2D eigenvalue weighted by Crippen LogP contribution is -2.42. The van der Waals surface area contributed by atoms with E-state index in [-0.39, 0.29) is 5.75 Å². The van der Waals surface area contributed by atoms with Crippen LogP contribution in [0.2, 0.25) is 0 Å². The number of benzene rings is 1. The third kappa shape index (κ3) is 8.96. The van der Waals surface area contributed by atoms with Crippen LogP contribution in [0.4, 0.5) is 0 Å². The summed E-state index contributed by atoms with van der Waals surface area (Å²) in [4.78, 5) is 4.13. The fourth-order valence-electron chi connectivity index (χ4n) is 2.35. The zero-order valence-corrected chi connectivity index (χ0v) is 17.5. The molecule has 1 rings (SSSR count). The van der Waals surface area contributed by atoms with Gasteiger partial charge in [0.15, 0.2) is 17.5 Å². The van der Waals surface area contributed by atoms with Gasteiger partial charge in [0, 0.05) is 26.7 Å². The highest BCUT2D eigenvalue weighted by atomic mass is 32.2. The summed E-state index contributed by atoms with van der Waals surface area (Å²) in [7, 11) is 0.158. The Morgan fingerprint density at radius 1 is 1.11 bits per heavy atom. The van der Waals surface area contributed by atoms with E-state index in [2.05, 4.69) is 20.3 Å². The Morgan fingerprint density at radius 2 is 1.85 bits per heavy atom. The molecule has 9 heteroatoms. The van der Waals surface area contributed by atoms with Crippen molar-refractivity contribution in [1.82, 2.24) is 15.4 Å². The van der Waals surface area contributed by atoms with Crippen LogP contribution >= 0.6 is 0 Å². The van der Waals surface area contributed by atoms with E-state index in [1.54, 1.807) is 21.1 Å². The number of sulfonamides is 1. The van der Waals surface area contributed by atoms with Gasteiger partial charge in [0.25, 0.3) is 0 Å². The molecule has 0 aliphatic carbocycles. The van der Waals surface area contributed by atoms with Gasteiger partial charge in [-0.05, 0) is 44.4 Å². The lowest BCUT2D eigenvalue weighted by atomic mass is 10.1. The average molecular weight is 401 g/mol. The van der Waals surface area contributed by atoms with Gasteiger partial charge in [-0.15, -0.1) is 0 Å². The predicted molar refractivity (Wildman–Crippen MR) is 109 cm³/mol. The second-order valence-electron chi connectivity index (χ2n) is 5.75. The van der Waals surface area contributed by atoms with E-state index in [1.807, 2.05) is 25.1 Å². The van der Waals surface area contributed by atoms with Crippen molar-refractivity contribution < 1.29 is 17.9 Å². The standard InChI is InChI=1S/C18H32N4O4S/c1-5-26-17-14-15(9-10-16(17)25-4)8-7-11-20-18(19-3)21-12-13-22-27(23,24)6-2/h9-10,14,22H,5-8,11-13H2,1-4H3,(H2,19,20,21). The van der Waals surface area contributed by atoms with Gasteiger partial charge in [-0.1, -0.05) is 6.07 Å². The first-order valence-electron chi connectivity index (χ1n) is 9.17. The molecule has 0 saturated heterocycles. The van der Waals surface area contributed by atoms with Gasteiger partial charge in [-0.25, -0.2) is 13.1 Å². The lowest BCUT2D eigenvalue weighted by Gasteiger charge is -2.13. The number of guanidine groups is 1. The molecule has 0 saturated carbocycles. The molecule has 0 unspecified atom stereocenters. The summed E-state index contributed by atoms with van der Waals surface area (Å²) in [6.07, 6.45) is 1.81. The van der Waals surface area contributed by atoms with Crippen LogP contribution in [-0.4, -0.2) is 60.5 Å². The van der Waals surface area contributed by atoms with E-state index in [0.29, 0.717) is 25.7 Å². The highest BCUT2D eigenvalue weighted by molar-refractivity contribution is 7.89. The minimum atomic E-state index is -3.16. The summed E-state index contributed by atoms with van der Waals surface area (Å²) >= 11 is 0. The fraction of sp³-hybridized carbons (Fsp3) is 0.611. The second kappa shape index (κ2) is 12.4. The predicted octanol–water partition coefficient (Wildman–Crippen LogP) is 1.13. The Balaban J connectivity index is 2.34. The number of nitrogens with zero attached hydrogens (tertiary/aromatic N) is 1. The number of hydrogen-bond acceptors (Lipinski definition) is 5. The van der Waals surface area contributed by atoms with Crippen molar-refractivity contribution in [1.29, 1.82) is 0 Å². The third-order valence-electron chi connectivity index (χ3n) is 3.81. The van der Waals surface area contributed by atoms with Gasteiger partial charge in [0.2, 0.25) is 10.0 Å². The Labute approximate surface area is 162 Å². The van der Waals surface area contributed by atoms with Crippen molar-refractivity contribution >= 4 is 16.0 Å². The molecule has 8 nitrogen and oxygen atoms in total. The number of ether oxygens (including phenoxy) is 2. The molecular formula is C18H32N4O4S. The molecule has 1 aromatic rings. The van der Waals surface area contributed by atoms with Crippen LogP contribution in [0.3, 0.4) is 0 Å². The SMILES string of the molecule is CCOc1cc(CCCNC(=NC)NCCNS(=O)(=O)CC)ccc1OC. The van der Waals surface area contributed by atoms with Crippen LogP contribution in [0.25, 0.3) is 0 Å². The normalized spacial score (nSPS) is 11.9. The maximum Gasteiger partial charge on any atom is 0.211 e. The Hall–Kier alpha value is -2.00. The van der Waals surface area contributed by atoms with Crippen LogP contribution in [0.1, 0.15) is 25.8 Å². The highest BCUT2D eigenvalue weighted by Gasteiger charge is 2.06. The maximum absolute atomic E-state index is 11.4. The average Bonchev–Trinajstić information content (AvgIpc) is 2.67. The summed E-state index contributed by atoms with van der Waals surface area (Å²) in [6.45, 7) is 5.68. The van der Waals surface area contributed by atoms with Crippen molar-refractivity contribution in [2.24, 2.45) is 4.99 Å². The molecule has 27 heavy (non-hydrogen) atoms. The van der Waals surface area contributed by atoms with E-state index in [1.165, 1.54) is 5.56 Å². The lowest BCUT2D eigenvalue weighted by molar-refractivity contribution is 0.310. The first-order valence-corrected chi connectivity index (χ1v) is 10.8. The van der Waals surface area contributed by atoms with E-state index in [4.69, 9.17) is 9.47 Å². The summed E-state index contributed by atoms with van der Waals surface area (Å²) in [5.41, 5.74) is 1.18. The number of aliphatic imine (C=N–C) groups is 1. The second-order valence-corrected chi connectivity index (χ2v) is 7.84. The van der Waals surface area contributed by atoms with Crippen LogP contribution in [0, 0.1) is 0 Å². The fourth-order valence-corrected chi connectivity index (χ4v) is 2.97. The van der Waals surface area contributed by atoms with Gasteiger partial charge in [0.1, 0.15) is 0 Å². The van der Waals surface area contributed by atoms with Gasteiger partial charge >= 0.3 is 0 Å². The molecule has 0 aliphatic heterocycles. The minimum absolute atomic E-state index is 0.0797. The van der Waals surface area contributed by atoms with Gasteiger partial charge in [-0.3, -0.25) is 4.99 Å². The van der Waals surface area contributed by atoms with E-state index in [0.717, 1.165) is 30.9 Å². The molecule has 154 valence electrons. The zero-order chi connectivity index (χ0) is 20.1. The molecule has 0 heterocycles. The van der Waals surface area contributed by atoms with E-state index >= 15 is 0 Å². The molecule has 0 spiro atoms. The molecule has 0 atom stereocenters. The monoisotopic (exact) mass is 400 g/mol. The summed E-state index contributed by atoms with van der Waals surface area (Å²) in [6, 6.07) is 5.97. The van der Waals surface area contributed by atoms with Gasteiger partial charge in [0.05, 0.1) is 19.5 Å². The number of rotatable bonds is 12. The van der Waals surface area contributed by atoms with Crippen molar-refractivity contribution in [2.45, 2.75) is 26.7 Å². The smallest absolute Gasteiger partial charge is 0.211 e. The van der Waals surface area contributed by atoms with E-state index in [9.17, 15) is 8.42 Å². The summed E-state index contributed by atoms with van der Waals surface area (Å²) in [5, 5.41) is 6.30. The third-order valence-corrected chi connectivity index (χ3v) is 5.21. The Kier molecular flexibility index (Phi) is 10.6. The van der Waals surface area contributed by atoms with Crippen LogP contribution < -0.4 is 24.8 Å². The highest BCUT2D eigenvalue weighted by Crippen LogP contribution is 2.28. The number of aryl methyl sites for hydroxylation is 1. The molecule has 0 aliphatic rings. The number of nitrogens with one attached hydrogen (secondary N) is 3. The first-order chi connectivity index (χ1) is 13.0. The van der Waals surface area contributed by atoms with Gasteiger partial charge in [-0.2, -0.15) is 0 Å². The number of hydrogen-bond donors (Lipinski definition) is 3. The summed E-state index contributed by atoms with van der Waals surface area (Å²) in [5.74, 6) is 2.23. The topological polar surface area (TPSA) is 101 Å². The maximum atomic E-state index is 11.4. The molecule has 0 amide bonds. The molecule has 0 radical (unpaired) electrons. The Bertz CT molecular complexity index is 693. The van der Waals surface area contributed by atoms with Crippen molar-refractivity contribution in [3.05, 3.63) is 23.8 Å². The molecule has 0 aromatic heterocycles. The van der Waals surface area contributed by atoms with Crippen LogP contribution in [0.15, 0.2) is 23.2 Å². The number of methoxy groups -OCH3 is 1. The van der Waals surface area contributed by atoms with Crippen LogP contribution in [0.5, 0.6) is 11.5 Å². The molecule has 0 bridgehead atoms. The molecule has 3 N–H and O–H groups in total. The van der Waals surface area contributed by atoms with E-state index < -0.39 is 10.0 Å². The minimum Gasteiger partial charge on any atom is -0.493 e. The van der Waals surface area contributed by atoms with Gasteiger partial charge < -0.3 is 20.1 Å². The van der Waals surface area contributed by atoms with Crippen molar-refractivity contribution in [2.75, 3.05) is 46.2 Å². The largest absolute Gasteiger partial charge is 0.493 e. The zero-order valence-electron chi connectivity index (χ0n) is 16.7. The van der Waals surface area contributed by atoms with Crippen molar-refractivity contribution in [3.63, 3.8) is 0 Å². The van der Waals surface area contributed by atoms with Crippen molar-refractivity contribution in [3.8, 4) is 11.5 Å². The quantitative estimate of drug-likeness (QED) is 0.276.